The Labute approximate surface area is 137 Å². The molecule has 2 amide bonds. The minimum atomic E-state index is -0.864. The zero-order chi connectivity index (χ0) is 16.2. The number of hydrogen-bond donors (Lipinski definition) is 0. The summed E-state index contributed by atoms with van der Waals surface area (Å²) in [6.07, 6.45) is 0.124. The van der Waals surface area contributed by atoms with Crippen molar-refractivity contribution in [3.63, 3.8) is 0 Å². The number of nitrogens with zero attached hydrogens (tertiary/aromatic N) is 2. The van der Waals surface area contributed by atoms with Crippen molar-refractivity contribution in [3.8, 4) is 0 Å². The maximum Gasteiger partial charge on any atom is 0.259 e. The largest absolute Gasteiger partial charge is 0.272 e. The van der Waals surface area contributed by atoms with Crippen LogP contribution in [0.2, 0.25) is 0 Å². The third-order valence-electron chi connectivity index (χ3n) is 3.62. The lowest BCUT2D eigenvalue weighted by Gasteiger charge is -2.27. The molecule has 1 heterocycles. The Hall–Kier alpha value is -2.73. The van der Waals surface area contributed by atoms with Gasteiger partial charge in [-0.2, -0.15) is 0 Å². The molecule has 116 valence electrons. The van der Waals surface area contributed by atoms with Gasteiger partial charge >= 0.3 is 0 Å². The molecule has 0 unspecified atom stereocenters. The van der Waals surface area contributed by atoms with E-state index in [0.717, 1.165) is 0 Å². The highest BCUT2D eigenvalue weighted by atomic mass is 32.1. The van der Waals surface area contributed by atoms with Crippen LogP contribution in [0.4, 0.5) is 11.4 Å². The van der Waals surface area contributed by atoms with E-state index < -0.39 is 5.92 Å². The Bertz CT molecular complexity index is 715. The molecule has 23 heavy (non-hydrogen) atoms. The van der Waals surface area contributed by atoms with Crippen molar-refractivity contribution in [2.24, 2.45) is 5.92 Å². The van der Waals surface area contributed by atoms with Crippen LogP contribution in [0.5, 0.6) is 0 Å². The average Bonchev–Trinajstić information content (AvgIpc) is 2.85. The Morgan fingerprint density at radius 3 is 1.65 bits per heavy atom. The molecule has 2 aromatic rings. The molecule has 1 aliphatic rings. The fourth-order valence-corrected chi connectivity index (χ4v) is 2.83. The normalized spacial score (nSPS) is 15.1. The number of benzene rings is 2. The third kappa shape index (κ3) is 2.80. The smallest absolute Gasteiger partial charge is 0.259 e. The first-order valence-corrected chi connectivity index (χ1v) is 7.92. The van der Waals surface area contributed by atoms with Crippen molar-refractivity contribution in [1.82, 2.24) is 0 Å². The summed E-state index contributed by atoms with van der Waals surface area (Å²) in [5.74, 6) is -1.51. The minimum Gasteiger partial charge on any atom is -0.272 e. The van der Waals surface area contributed by atoms with E-state index in [1.54, 1.807) is 24.3 Å². The molecule has 0 saturated carbocycles. The maximum atomic E-state index is 12.7. The number of carbonyl (C=O) groups excluding carboxylic acids is 2. The molecular weight excluding hydrogens is 312 g/mol. The first-order chi connectivity index (χ1) is 11.2. The number of hydrogen-bond acceptors (Lipinski definition) is 3. The van der Waals surface area contributed by atoms with Gasteiger partial charge in [-0.3, -0.25) is 9.59 Å². The molecule has 0 aromatic heterocycles. The number of para-hydroxylation sites is 2. The fourth-order valence-electron chi connectivity index (χ4n) is 2.56. The van der Waals surface area contributed by atoms with Gasteiger partial charge in [-0.25, -0.2) is 14.2 Å². The predicted molar refractivity (Wildman–Crippen MR) is 90.2 cm³/mol. The van der Waals surface area contributed by atoms with E-state index in [2.05, 4.69) is 0 Å². The van der Waals surface area contributed by atoms with Gasteiger partial charge in [-0.1, -0.05) is 36.4 Å². The van der Waals surface area contributed by atoms with Crippen molar-refractivity contribution in [1.29, 1.82) is 0 Å². The van der Waals surface area contributed by atoms with Gasteiger partial charge in [-0.05, 0) is 30.7 Å². The maximum absolute atomic E-state index is 12.7. The van der Waals surface area contributed by atoms with E-state index in [0.29, 0.717) is 11.4 Å². The summed E-state index contributed by atoms with van der Waals surface area (Å²) in [4.78, 5) is 25.5. The van der Waals surface area contributed by atoms with E-state index in [1.807, 2.05) is 36.4 Å². The molecule has 6 heteroatoms. The lowest BCUT2D eigenvalue weighted by molar-refractivity contribution is -0.126. The summed E-state index contributed by atoms with van der Waals surface area (Å²) >= 11 is 0.270. The Balaban J connectivity index is 2.07. The summed E-state index contributed by atoms with van der Waals surface area (Å²) in [5.41, 5.74) is 1.24. The molecule has 2 aromatic carbocycles. The zero-order valence-corrected chi connectivity index (χ0v) is 13.0. The molecule has 1 aliphatic heterocycles. The minimum absolute atomic E-state index is 0.124. The van der Waals surface area contributed by atoms with Gasteiger partial charge in [0.2, 0.25) is 0 Å². The van der Waals surface area contributed by atoms with Gasteiger partial charge < -0.3 is 0 Å². The van der Waals surface area contributed by atoms with Crippen LogP contribution in [0.25, 0.3) is 0 Å². The van der Waals surface area contributed by atoms with Crippen molar-refractivity contribution in [2.45, 2.75) is 6.42 Å². The molecule has 0 N–H and O–H groups in total. The summed E-state index contributed by atoms with van der Waals surface area (Å²) in [5, 5.41) is 4.11. The van der Waals surface area contributed by atoms with Crippen LogP contribution in [0.3, 0.4) is 0 Å². The van der Waals surface area contributed by atoms with Gasteiger partial charge in [0.1, 0.15) is 5.92 Å². The quantitative estimate of drug-likeness (QED) is 0.638. The average molecular weight is 326 g/mol. The number of hydrazine groups is 1. The number of rotatable bonds is 4. The summed E-state index contributed by atoms with van der Waals surface area (Å²) < 4.78 is 10.6. The van der Waals surface area contributed by atoms with Crippen LogP contribution in [-0.2, 0) is 20.8 Å². The molecule has 5 nitrogen and oxygen atoms in total. The second-order valence-electron chi connectivity index (χ2n) is 5.02. The second-order valence-corrected chi connectivity index (χ2v) is 5.55. The summed E-state index contributed by atoms with van der Waals surface area (Å²) in [6.45, 7) is 0. The Kier molecular flexibility index (Phi) is 4.34. The molecule has 1 fully saturated rings. The van der Waals surface area contributed by atoms with E-state index >= 15 is 0 Å². The third-order valence-corrected chi connectivity index (χ3v) is 3.94. The Morgan fingerprint density at radius 2 is 1.26 bits per heavy atom. The van der Waals surface area contributed by atoms with E-state index in [4.69, 9.17) is 0 Å². The fraction of sp³-hybridized carbons (Fsp3) is 0.118. The summed E-state index contributed by atoms with van der Waals surface area (Å²) in [6, 6.07) is 18.0. The van der Waals surface area contributed by atoms with Crippen LogP contribution < -0.4 is 10.0 Å². The highest BCUT2D eigenvalue weighted by molar-refractivity contribution is 7.64. The zero-order valence-electron chi connectivity index (χ0n) is 12.2. The highest BCUT2D eigenvalue weighted by Crippen LogP contribution is 2.32. The molecule has 3 rings (SSSR count). The second kappa shape index (κ2) is 6.58. The van der Waals surface area contributed by atoms with Crippen LogP contribution in [-0.4, -0.2) is 21.4 Å². The topological polar surface area (TPSA) is 57.7 Å². The van der Waals surface area contributed by atoms with Gasteiger partial charge in [0, 0.05) is 5.37 Å². The van der Waals surface area contributed by atoms with Crippen molar-refractivity contribution < 1.29 is 13.8 Å². The summed E-state index contributed by atoms with van der Waals surface area (Å²) in [7, 11) is 0. The predicted octanol–water partition coefficient (Wildman–Crippen LogP) is 2.00. The molecule has 0 aliphatic carbocycles. The van der Waals surface area contributed by atoms with Crippen molar-refractivity contribution in [2.75, 3.05) is 10.0 Å². The lowest BCUT2D eigenvalue weighted by Crippen LogP contribution is -2.41. The first-order valence-electron chi connectivity index (χ1n) is 7.12. The molecular formula is C17H14N2O3S. The van der Waals surface area contributed by atoms with E-state index in [-0.39, 0.29) is 29.5 Å². The van der Waals surface area contributed by atoms with Crippen LogP contribution >= 0.6 is 0 Å². The standard InChI is InChI=1S/C17H14N2O3S/c20-16-15(11-12-23-22)17(21)19(14-9-5-2-6-10-14)18(16)13-7-3-1-4-8-13/h1-10,12,15H,11H2. The first kappa shape index (κ1) is 15.2. The van der Waals surface area contributed by atoms with E-state index in [1.165, 1.54) is 15.4 Å². The van der Waals surface area contributed by atoms with Crippen molar-refractivity contribution >= 4 is 39.8 Å². The van der Waals surface area contributed by atoms with Gasteiger partial charge in [0.05, 0.1) is 22.6 Å². The Morgan fingerprint density at radius 1 is 0.826 bits per heavy atom. The number of anilines is 2. The molecule has 0 bridgehead atoms. The van der Waals surface area contributed by atoms with Crippen LogP contribution in [0, 0.1) is 5.92 Å². The highest BCUT2D eigenvalue weighted by Gasteiger charge is 2.46. The van der Waals surface area contributed by atoms with Gasteiger partial charge in [0.15, 0.2) is 0 Å². The molecule has 1 saturated heterocycles. The monoisotopic (exact) mass is 326 g/mol. The molecule has 0 radical (unpaired) electrons. The van der Waals surface area contributed by atoms with Crippen LogP contribution in [0.15, 0.2) is 60.7 Å². The number of amides is 2. The van der Waals surface area contributed by atoms with E-state index in [9.17, 15) is 13.8 Å². The molecule has 0 atom stereocenters. The van der Waals surface area contributed by atoms with Crippen molar-refractivity contribution in [3.05, 3.63) is 60.7 Å². The van der Waals surface area contributed by atoms with Crippen LogP contribution in [0.1, 0.15) is 6.42 Å². The molecule has 0 spiro atoms. The van der Waals surface area contributed by atoms with Gasteiger partial charge in [0.25, 0.3) is 11.8 Å². The van der Waals surface area contributed by atoms with Gasteiger partial charge in [-0.15, -0.1) is 0 Å². The SMILES string of the molecule is O=S=CCC1C(=O)N(c2ccccc2)N(c2ccccc2)C1=O. The number of carbonyl (C=O) groups is 2. The lowest BCUT2D eigenvalue weighted by atomic mass is 10.1.